The highest BCUT2D eigenvalue weighted by Crippen LogP contribution is 2.43. The third-order valence-electron chi connectivity index (χ3n) is 14.2. The molecular formula is C71H48N6. The van der Waals surface area contributed by atoms with Crippen LogP contribution in [-0.2, 0) is 0 Å². The summed E-state index contributed by atoms with van der Waals surface area (Å²) in [5.41, 5.74) is 19.2. The Bertz CT molecular complexity index is 4010. The van der Waals surface area contributed by atoms with E-state index in [1.165, 1.54) is 0 Å². The first-order chi connectivity index (χ1) is 38.1. The topological polar surface area (TPSA) is 41.6 Å². The Morgan fingerprint density at radius 3 is 1.08 bits per heavy atom. The van der Waals surface area contributed by atoms with Gasteiger partial charge in [0.25, 0.3) is 0 Å². The van der Waals surface area contributed by atoms with Crippen LogP contribution in [0, 0.1) is 6.57 Å². The molecule has 0 unspecified atom stereocenters. The maximum Gasteiger partial charge on any atom is 0.198 e. The van der Waals surface area contributed by atoms with Gasteiger partial charge in [-0.1, -0.05) is 188 Å². The summed E-state index contributed by atoms with van der Waals surface area (Å²) in [4.78, 5) is 18.4. The molecule has 0 aliphatic rings. The van der Waals surface area contributed by atoms with Gasteiger partial charge in [-0.15, -0.1) is 0 Å². The summed E-state index contributed by atoms with van der Waals surface area (Å²) in [7, 11) is 0. The molecule has 2 heterocycles. The highest BCUT2D eigenvalue weighted by Gasteiger charge is 2.21. The van der Waals surface area contributed by atoms with E-state index >= 15 is 0 Å². The molecule has 0 fully saturated rings. The Labute approximate surface area is 448 Å². The maximum atomic E-state index is 7.80. The lowest BCUT2D eigenvalue weighted by Crippen LogP contribution is -2.09. The van der Waals surface area contributed by atoms with Crippen LogP contribution in [0.5, 0.6) is 0 Å². The van der Waals surface area contributed by atoms with Crippen molar-refractivity contribution in [2.75, 3.05) is 9.80 Å². The summed E-state index contributed by atoms with van der Waals surface area (Å²) in [6.45, 7) is 7.80. The van der Waals surface area contributed by atoms with Crippen molar-refractivity contribution in [3.8, 4) is 61.8 Å². The smallest absolute Gasteiger partial charge is 0.198 e. The summed E-state index contributed by atoms with van der Waals surface area (Å²) in [6, 6.07) is 102. The molecule has 0 aliphatic heterocycles. The van der Waals surface area contributed by atoms with E-state index in [2.05, 4.69) is 250 Å². The molecule has 0 atom stereocenters. The summed E-state index contributed by atoms with van der Waals surface area (Å²) < 4.78 is 2.40. The Morgan fingerprint density at radius 2 is 0.662 bits per heavy atom. The van der Waals surface area contributed by atoms with Gasteiger partial charge in [-0.3, -0.25) is 0 Å². The van der Waals surface area contributed by atoms with Gasteiger partial charge in [0, 0.05) is 67.3 Å². The van der Waals surface area contributed by atoms with Gasteiger partial charge in [-0.2, -0.15) is 0 Å². The number of hydrogen-bond donors (Lipinski definition) is 0. The molecule has 0 radical (unpaired) electrons. The minimum atomic E-state index is 0.524. The van der Waals surface area contributed by atoms with Gasteiger partial charge < -0.3 is 14.4 Å². The third-order valence-corrected chi connectivity index (χ3v) is 14.2. The van der Waals surface area contributed by atoms with Crippen molar-refractivity contribution in [3.63, 3.8) is 0 Å². The summed E-state index contributed by atoms with van der Waals surface area (Å²) in [6.07, 6.45) is 0. The fraction of sp³-hybridized carbons (Fsp3) is 0. The first-order valence-electron chi connectivity index (χ1n) is 25.8. The molecule has 11 aromatic carbocycles. The number of benzene rings is 11. The number of fused-ring (bicyclic) bond motifs is 3. The monoisotopic (exact) mass is 984 g/mol. The number of anilines is 6. The van der Waals surface area contributed by atoms with Crippen LogP contribution in [0.25, 0.3) is 88.5 Å². The average molecular weight is 985 g/mol. The fourth-order valence-corrected chi connectivity index (χ4v) is 10.5. The van der Waals surface area contributed by atoms with Crippen molar-refractivity contribution in [1.29, 1.82) is 0 Å². The minimum Gasteiger partial charge on any atom is -0.310 e. The number of rotatable bonds is 12. The van der Waals surface area contributed by atoms with Crippen molar-refractivity contribution in [2.45, 2.75) is 0 Å². The van der Waals surface area contributed by atoms with Crippen LogP contribution in [0.2, 0.25) is 0 Å². The van der Waals surface area contributed by atoms with Gasteiger partial charge in [0.15, 0.2) is 5.69 Å². The number of aromatic nitrogens is 3. The van der Waals surface area contributed by atoms with E-state index in [9.17, 15) is 0 Å². The molecule has 0 aliphatic carbocycles. The lowest BCUT2D eigenvalue weighted by molar-refractivity contribution is 1.18. The highest BCUT2D eigenvalue weighted by atomic mass is 15.1. The van der Waals surface area contributed by atoms with Gasteiger partial charge in [0.05, 0.1) is 29.0 Å². The Balaban J connectivity index is 0.843. The molecule has 0 amide bonds. The van der Waals surface area contributed by atoms with E-state index < -0.39 is 0 Å². The van der Waals surface area contributed by atoms with E-state index in [1.54, 1.807) is 0 Å². The van der Waals surface area contributed by atoms with Crippen LogP contribution in [0.1, 0.15) is 0 Å². The van der Waals surface area contributed by atoms with Crippen LogP contribution < -0.4 is 9.80 Å². The molecule has 13 aromatic rings. The predicted molar refractivity (Wildman–Crippen MR) is 319 cm³/mol. The predicted octanol–water partition coefficient (Wildman–Crippen LogP) is 19.4. The Morgan fingerprint density at radius 1 is 0.312 bits per heavy atom. The van der Waals surface area contributed by atoms with E-state index in [-0.39, 0.29) is 0 Å². The molecule has 77 heavy (non-hydrogen) atoms. The van der Waals surface area contributed by atoms with Crippen molar-refractivity contribution >= 4 is 61.6 Å². The Kier molecular flexibility index (Phi) is 12.2. The van der Waals surface area contributed by atoms with Gasteiger partial charge in [-0.25, -0.2) is 14.8 Å². The molecule has 13 rings (SSSR count). The minimum absolute atomic E-state index is 0.524. The standard InChI is InChI=1S/C71H48N6/c1-72-66-30-18-17-29-63(66)71-73-67(54-19-7-2-8-20-54)49-68(74-71)55-37-35-52(36-38-55)50-31-33-51(34-32-50)53-39-41-60(42-40-53)77-69-45-43-61(75(56-21-9-3-10-22-56)57-23-11-4-12-24-57)47-64(69)65-48-62(44-46-70(65)77)76(58-25-13-5-14-26-58)59-27-15-6-16-28-59/h2-49H. The van der Waals surface area contributed by atoms with Crippen LogP contribution in [0.15, 0.2) is 291 Å². The highest BCUT2D eigenvalue weighted by molar-refractivity contribution is 6.12. The number of para-hydroxylation sites is 5. The molecule has 6 nitrogen and oxygen atoms in total. The molecule has 0 saturated heterocycles. The van der Waals surface area contributed by atoms with Crippen molar-refractivity contribution in [3.05, 3.63) is 303 Å². The van der Waals surface area contributed by atoms with Crippen LogP contribution in [0.3, 0.4) is 0 Å². The van der Waals surface area contributed by atoms with Gasteiger partial charge in [-0.05, 0) is 125 Å². The van der Waals surface area contributed by atoms with Crippen LogP contribution in [0.4, 0.5) is 39.8 Å². The van der Waals surface area contributed by atoms with Crippen molar-refractivity contribution < 1.29 is 0 Å². The van der Waals surface area contributed by atoms with E-state index in [1.807, 2.05) is 60.7 Å². The normalized spacial score (nSPS) is 11.1. The van der Waals surface area contributed by atoms with E-state index in [0.717, 1.165) is 106 Å². The molecule has 0 spiro atoms. The van der Waals surface area contributed by atoms with Crippen LogP contribution >= 0.6 is 0 Å². The summed E-state index contributed by atoms with van der Waals surface area (Å²) >= 11 is 0. The first kappa shape index (κ1) is 46.2. The second-order valence-electron chi connectivity index (χ2n) is 18.9. The molecule has 2 aromatic heterocycles. The second kappa shape index (κ2) is 20.4. The molecule has 0 bridgehead atoms. The third kappa shape index (κ3) is 9.05. The van der Waals surface area contributed by atoms with Gasteiger partial charge >= 0.3 is 0 Å². The molecule has 362 valence electrons. The largest absolute Gasteiger partial charge is 0.310 e. The van der Waals surface area contributed by atoms with Crippen molar-refractivity contribution in [2.24, 2.45) is 0 Å². The second-order valence-corrected chi connectivity index (χ2v) is 18.9. The van der Waals surface area contributed by atoms with E-state index in [4.69, 9.17) is 16.5 Å². The average Bonchev–Trinajstić information content (AvgIpc) is 3.94. The lowest BCUT2D eigenvalue weighted by Gasteiger charge is -2.26. The maximum absolute atomic E-state index is 7.80. The van der Waals surface area contributed by atoms with Crippen molar-refractivity contribution in [1.82, 2.24) is 14.5 Å². The summed E-state index contributed by atoms with van der Waals surface area (Å²) in [5.74, 6) is 0.531. The first-order valence-corrected chi connectivity index (χ1v) is 25.8. The van der Waals surface area contributed by atoms with E-state index in [0.29, 0.717) is 17.1 Å². The quantitative estimate of drug-likeness (QED) is 0.114. The van der Waals surface area contributed by atoms with Gasteiger partial charge in [0.1, 0.15) is 5.82 Å². The van der Waals surface area contributed by atoms with Crippen LogP contribution in [-0.4, -0.2) is 14.5 Å². The zero-order valence-electron chi connectivity index (χ0n) is 41.9. The zero-order valence-corrected chi connectivity index (χ0v) is 41.9. The fourth-order valence-electron chi connectivity index (χ4n) is 10.5. The van der Waals surface area contributed by atoms with Gasteiger partial charge in [0.2, 0.25) is 0 Å². The lowest BCUT2D eigenvalue weighted by atomic mass is 9.98. The number of nitrogens with zero attached hydrogens (tertiary/aromatic N) is 6. The SMILES string of the molecule is [C-]#[N+]c1ccccc1-c1nc(-c2ccccc2)cc(-c2ccc(-c3ccc(-c4ccc(-n5c6ccc(N(c7ccccc7)c7ccccc7)cc6c6cc(N(c7ccccc7)c7ccccc7)ccc65)cc4)cc3)cc2)n1. The molecular weight excluding hydrogens is 937 g/mol. The summed E-state index contributed by atoms with van der Waals surface area (Å²) in [5, 5.41) is 2.32. The molecule has 0 N–H and O–H groups in total. The molecule has 0 saturated carbocycles. The molecule has 6 heteroatoms. The Hall–Kier alpha value is -10.6. The number of hydrogen-bond acceptors (Lipinski definition) is 4. The zero-order chi connectivity index (χ0) is 51.5.